The van der Waals surface area contributed by atoms with Crippen molar-refractivity contribution in [3.05, 3.63) is 40.2 Å². The summed E-state index contributed by atoms with van der Waals surface area (Å²) in [5.41, 5.74) is 1.37. The number of nitrogens with one attached hydrogen (secondary N) is 1. The normalized spacial score (nSPS) is 20.8. The van der Waals surface area contributed by atoms with Crippen molar-refractivity contribution in [3.8, 4) is 5.75 Å². The van der Waals surface area contributed by atoms with Crippen molar-refractivity contribution in [1.29, 1.82) is 0 Å². The van der Waals surface area contributed by atoms with E-state index in [9.17, 15) is 9.90 Å². The summed E-state index contributed by atoms with van der Waals surface area (Å²) in [5, 5.41) is 11.0. The zero-order valence-electron chi connectivity index (χ0n) is 14.1. The van der Waals surface area contributed by atoms with Gasteiger partial charge in [-0.1, -0.05) is 6.92 Å². The molecule has 2 aromatic rings. The number of aliphatic hydroxyl groups excluding tert-OH is 1. The number of aromatic amines is 1. The summed E-state index contributed by atoms with van der Waals surface area (Å²) in [6, 6.07) is 7.48. The Bertz CT molecular complexity index is 758. The predicted octanol–water partition coefficient (Wildman–Crippen LogP) is 1.51. The van der Waals surface area contributed by atoms with Gasteiger partial charge in [-0.25, -0.2) is 0 Å². The molecule has 1 fully saturated rings. The molecule has 3 rings (SSSR count). The van der Waals surface area contributed by atoms with E-state index in [1.54, 1.807) is 0 Å². The average Bonchev–Trinajstić information content (AvgIpc) is 2.99. The molecule has 2 atom stereocenters. The van der Waals surface area contributed by atoms with Crippen LogP contribution in [0.3, 0.4) is 0 Å². The van der Waals surface area contributed by atoms with Crippen molar-refractivity contribution in [2.24, 2.45) is 0 Å². The Labute approximate surface area is 141 Å². The summed E-state index contributed by atoms with van der Waals surface area (Å²) in [6.45, 7) is 6.63. The molecule has 0 bridgehead atoms. The second kappa shape index (κ2) is 7.34. The van der Waals surface area contributed by atoms with Crippen molar-refractivity contribution in [2.75, 3.05) is 26.4 Å². The van der Waals surface area contributed by atoms with Gasteiger partial charge in [-0.15, -0.1) is 0 Å². The molecule has 1 aromatic carbocycles. The lowest BCUT2D eigenvalue weighted by atomic mass is 10.1. The number of fused-ring (bicyclic) bond motifs is 1. The molecule has 0 saturated carbocycles. The molecular weight excluding hydrogens is 308 g/mol. The van der Waals surface area contributed by atoms with Gasteiger partial charge in [-0.05, 0) is 37.7 Å². The Morgan fingerprint density at radius 2 is 2.17 bits per heavy atom. The van der Waals surface area contributed by atoms with E-state index in [0.717, 1.165) is 23.2 Å². The SMILES string of the molecule is CCOc1ccc2[nH]c(=O)c(CN(CC)[C@@H]3COC[C@H]3O)cc2c1. The van der Waals surface area contributed by atoms with Gasteiger partial charge in [0.2, 0.25) is 0 Å². The molecule has 1 aromatic heterocycles. The first-order valence-corrected chi connectivity index (χ1v) is 8.41. The minimum absolute atomic E-state index is 0.0696. The highest BCUT2D eigenvalue weighted by molar-refractivity contribution is 5.80. The number of likely N-dealkylation sites (N-methyl/N-ethyl adjacent to an activating group) is 1. The zero-order valence-corrected chi connectivity index (χ0v) is 14.1. The van der Waals surface area contributed by atoms with Crippen molar-refractivity contribution in [3.63, 3.8) is 0 Å². The quantitative estimate of drug-likeness (QED) is 0.839. The third-order valence-electron chi connectivity index (χ3n) is 4.47. The number of benzene rings is 1. The van der Waals surface area contributed by atoms with E-state index in [1.165, 1.54) is 0 Å². The topological polar surface area (TPSA) is 74.8 Å². The Morgan fingerprint density at radius 3 is 2.83 bits per heavy atom. The summed E-state index contributed by atoms with van der Waals surface area (Å²) < 4.78 is 10.9. The Balaban J connectivity index is 1.89. The molecule has 0 unspecified atom stereocenters. The van der Waals surface area contributed by atoms with Crippen LogP contribution in [0, 0.1) is 0 Å². The molecule has 2 heterocycles. The van der Waals surface area contributed by atoms with E-state index in [0.29, 0.717) is 31.9 Å². The van der Waals surface area contributed by atoms with Gasteiger partial charge in [0.05, 0.1) is 32.0 Å². The van der Waals surface area contributed by atoms with Crippen LogP contribution in [-0.2, 0) is 11.3 Å². The maximum atomic E-state index is 12.4. The molecule has 1 aliphatic rings. The van der Waals surface area contributed by atoms with Crippen LogP contribution in [0.25, 0.3) is 10.9 Å². The van der Waals surface area contributed by atoms with Gasteiger partial charge >= 0.3 is 0 Å². The summed E-state index contributed by atoms with van der Waals surface area (Å²) in [6.07, 6.45) is -0.506. The highest BCUT2D eigenvalue weighted by atomic mass is 16.5. The predicted molar refractivity (Wildman–Crippen MR) is 92.4 cm³/mol. The minimum atomic E-state index is -0.506. The fourth-order valence-electron chi connectivity index (χ4n) is 3.17. The number of pyridine rings is 1. The molecule has 130 valence electrons. The first kappa shape index (κ1) is 17.0. The van der Waals surface area contributed by atoms with Gasteiger partial charge in [-0.3, -0.25) is 9.69 Å². The van der Waals surface area contributed by atoms with Gasteiger partial charge in [0.1, 0.15) is 5.75 Å². The number of aliphatic hydroxyl groups is 1. The lowest BCUT2D eigenvalue weighted by Gasteiger charge is -2.28. The van der Waals surface area contributed by atoms with Crippen LogP contribution in [0.1, 0.15) is 19.4 Å². The van der Waals surface area contributed by atoms with Crippen molar-refractivity contribution in [1.82, 2.24) is 9.88 Å². The number of ether oxygens (including phenoxy) is 2. The molecule has 1 saturated heterocycles. The molecule has 6 nitrogen and oxygen atoms in total. The second-order valence-corrected chi connectivity index (χ2v) is 6.04. The third kappa shape index (κ3) is 3.45. The lowest BCUT2D eigenvalue weighted by molar-refractivity contribution is 0.0806. The molecule has 2 N–H and O–H groups in total. The molecule has 0 spiro atoms. The van der Waals surface area contributed by atoms with Crippen molar-refractivity contribution >= 4 is 10.9 Å². The van der Waals surface area contributed by atoms with E-state index in [2.05, 4.69) is 9.88 Å². The van der Waals surface area contributed by atoms with Gasteiger partial charge in [0.15, 0.2) is 0 Å². The third-order valence-corrected chi connectivity index (χ3v) is 4.47. The summed E-state index contributed by atoms with van der Waals surface area (Å²) >= 11 is 0. The molecule has 24 heavy (non-hydrogen) atoms. The summed E-state index contributed by atoms with van der Waals surface area (Å²) in [7, 11) is 0. The van der Waals surface area contributed by atoms with Crippen molar-refractivity contribution in [2.45, 2.75) is 32.5 Å². The van der Waals surface area contributed by atoms with Crippen LogP contribution in [0.4, 0.5) is 0 Å². The number of hydrogen-bond donors (Lipinski definition) is 2. The summed E-state index contributed by atoms with van der Waals surface area (Å²) in [5.74, 6) is 0.787. The van der Waals surface area contributed by atoms with Crippen LogP contribution >= 0.6 is 0 Å². The maximum Gasteiger partial charge on any atom is 0.252 e. The zero-order chi connectivity index (χ0) is 17.1. The molecular formula is C18H24N2O4. The monoisotopic (exact) mass is 332 g/mol. The summed E-state index contributed by atoms with van der Waals surface area (Å²) in [4.78, 5) is 17.4. The fourth-order valence-corrected chi connectivity index (χ4v) is 3.17. The molecule has 1 aliphatic heterocycles. The van der Waals surface area contributed by atoms with Crippen LogP contribution in [-0.4, -0.2) is 53.5 Å². The smallest absolute Gasteiger partial charge is 0.252 e. The highest BCUT2D eigenvalue weighted by Crippen LogP contribution is 2.21. The standard InChI is InChI=1S/C18H24N2O4/c1-3-20(16-10-23-11-17(16)21)9-13-7-12-8-14(24-4-2)5-6-15(12)19-18(13)22/h5-8,16-17,21H,3-4,9-11H2,1-2H3,(H,19,22)/t16-,17-/m1/s1. The van der Waals surface area contributed by atoms with E-state index in [4.69, 9.17) is 9.47 Å². The molecule has 6 heteroatoms. The van der Waals surface area contributed by atoms with E-state index >= 15 is 0 Å². The fraction of sp³-hybridized carbons (Fsp3) is 0.500. The lowest BCUT2D eigenvalue weighted by Crippen LogP contribution is -2.43. The largest absolute Gasteiger partial charge is 0.494 e. The Hall–Kier alpha value is -1.89. The first-order valence-electron chi connectivity index (χ1n) is 8.41. The number of H-pyrrole nitrogens is 1. The maximum absolute atomic E-state index is 12.4. The van der Waals surface area contributed by atoms with Gasteiger partial charge in [0, 0.05) is 23.0 Å². The second-order valence-electron chi connectivity index (χ2n) is 6.04. The highest BCUT2D eigenvalue weighted by Gasteiger charge is 2.31. The van der Waals surface area contributed by atoms with Crippen molar-refractivity contribution < 1.29 is 14.6 Å². The van der Waals surface area contributed by atoms with Gasteiger partial charge in [-0.2, -0.15) is 0 Å². The van der Waals surface area contributed by atoms with Crippen LogP contribution < -0.4 is 10.3 Å². The van der Waals surface area contributed by atoms with Gasteiger partial charge < -0.3 is 19.6 Å². The Kier molecular flexibility index (Phi) is 5.18. The Morgan fingerprint density at radius 1 is 1.33 bits per heavy atom. The number of aromatic nitrogens is 1. The average molecular weight is 332 g/mol. The molecule has 0 radical (unpaired) electrons. The van der Waals surface area contributed by atoms with Gasteiger partial charge in [0.25, 0.3) is 5.56 Å². The van der Waals surface area contributed by atoms with E-state index < -0.39 is 6.10 Å². The van der Waals surface area contributed by atoms with Crippen LogP contribution in [0.15, 0.2) is 29.1 Å². The number of rotatable bonds is 6. The van der Waals surface area contributed by atoms with E-state index in [1.807, 2.05) is 38.1 Å². The minimum Gasteiger partial charge on any atom is -0.494 e. The van der Waals surface area contributed by atoms with E-state index in [-0.39, 0.29) is 11.6 Å². The molecule has 0 amide bonds. The number of nitrogens with zero attached hydrogens (tertiary/aromatic N) is 1. The molecule has 0 aliphatic carbocycles. The van der Waals surface area contributed by atoms with Crippen LogP contribution in [0.5, 0.6) is 5.75 Å². The number of hydrogen-bond acceptors (Lipinski definition) is 5. The van der Waals surface area contributed by atoms with Crippen LogP contribution in [0.2, 0.25) is 0 Å². The first-order chi connectivity index (χ1) is 11.6.